The minimum absolute atomic E-state index is 0.0276. The molecule has 5 atom stereocenters. The van der Waals surface area contributed by atoms with Gasteiger partial charge in [0.25, 0.3) is 0 Å². The average Bonchev–Trinajstić information content (AvgIpc) is 2.85. The van der Waals surface area contributed by atoms with Gasteiger partial charge in [-0.3, -0.25) is 0 Å². The lowest BCUT2D eigenvalue weighted by Gasteiger charge is -2.31. The van der Waals surface area contributed by atoms with E-state index in [9.17, 15) is 0 Å². The number of nitrogens with zero attached hydrogens (tertiary/aromatic N) is 1. The molecule has 0 N–H and O–H groups in total. The van der Waals surface area contributed by atoms with Crippen LogP contribution in [0.5, 0.6) is 0 Å². The van der Waals surface area contributed by atoms with E-state index in [1.165, 1.54) is 51.4 Å². The first-order chi connectivity index (χ1) is 9.03. The van der Waals surface area contributed by atoms with Crippen LogP contribution >= 0.6 is 0 Å². The van der Waals surface area contributed by atoms with E-state index in [0.717, 1.165) is 18.3 Å². The highest BCUT2D eigenvalue weighted by atomic mass is 15.4. The van der Waals surface area contributed by atoms with E-state index in [1.807, 2.05) is 0 Å². The Labute approximate surface area is 121 Å². The summed E-state index contributed by atoms with van der Waals surface area (Å²) in [6.45, 7) is 7.05. The predicted octanol–water partition coefficient (Wildman–Crippen LogP) is 4.35. The minimum Gasteiger partial charge on any atom is -0.300 e. The van der Waals surface area contributed by atoms with Gasteiger partial charge in [-0.15, -0.1) is 0 Å². The summed E-state index contributed by atoms with van der Waals surface area (Å²) in [5.41, 5.74) is 0.264. The molecular formula is C17H32BN. The fraction of sp³-hybridized carbons (Fsp3) is 1.00. The summed E-state index contributed by atoms with van der Waals surface area (Å²) in [6, 6.07) is 0. The van der Waals surface area contributed by atoms with Gasteiger partial charge in [-0.05, 0) is 44.6 Å². The van der Waals surface area contributed by atoms with Crippen molar-refractivity contribution in [1.82, 2.24) is 4.90 Å². The molecule has 0 aromatic rings. The molecule has 1 saturated carbocycles. The van der Waals surface area contributed by atoms with Crippen molar-refractivity contribution < 1.29 is 0 Å². The second kappa shape index (κ2) is 5.80. The fourth-order valence-corrected chi connectivity index (χ4v) is 5.06. The molecule has 0 amide bonds. The fourth-order valence-electron chi connectivity index (χ4n) is 5.06. The van der Waals surface area contributed by atoms with E-state index in [1.54, 1.807) is 0 Å². The predicted molar refractivity (Wildman–Crippen MR) is 84.5 cm³/mol. The Hall–Kier alpha value is 0.0249. The topological polar surface area (TPSA) is 3.01 Å². The molecule has 1 heterocycles. The molecule has 2 radical (unpaired) electrons. The minimum atomic E-state index is -0.0276. The second-order valence-corrected chi connectivity index (χ2v) is 7.14. The molecule has 0 spiro atoms. The molecule has 108 valence electrons. The van der Waals surface area contributed by atoms with E-state index in [2.05, 4.69) is 32.7 Å². The molecule has 19 heavy (non-hydrogen) atoms. The second-order valence-electron chi connectivity index (χ2n) is 7.14. The van der Waals surface area contributed by atoms with Gasteiger partial charge in [0.2, 0.25) is 0 Å². The van der Waals surface area contributed by atoms with Crippen LogP contribution in [0.4, 0.5) is 0 Å². The Balaban J connectivity index is 2.16. The zero-order valence-electron chi connectivity index (χ0n) is 13.5. The highest BCUT2D eigenvalue weighted by Crippen LogP contribution is 2.59. The number of rotatable bonds is 3. The van der Waals surface area contributed by atoms with E-state index in [4.69, 9.17) is 7.85 Å². The molecule has 2 aliphatic rings. The zero-order valence-corrected chi connectivity index (χ0v) is 13.5. The normalized spacial score (nSPS) is 48.1. The monoisotopic (exact) mass is 261 g/mol. The Morgan fingerprint density at radius 2 is 1.68 bits per heavy atom. The Bertz CT molecular complexity index is 306. The van der Waals surface area contributed by atoms with E-state index >= 15 is 0 Å². The van der Waals surface area contributed by atoms with Crippen LogP contribution in [0.3, 0.4) is 0 Å². The lowest BCUT2D eigenvalue weighted by atomic mass is 9.65. The third-order valence-corrected chi connectivity index (χ3v) is 6.34. The highest BCUT2D eigenvalue weighted by Gasteiger charge is 2.69. The summed E-state index contributed by atoms with van der Waals surface area (Å²) >= 11 is 0. The van der Waals surface area contributed by atoms with Crippen LogP contribution in [0.15, 0.2) is 0 Å². The van der Waals surface area contributed by atoms with E-state index in [-0.39, 0.29) is 5.44 Å². The molecule has 1 nitrogen and oxygen atoms in total. The maximum atomic E-state index is 6.71. The number of likely N-dealkylation sites (N-methyl/N-ethyl adjacent to an activating group) is 1. The number of hydrogen-bond donors (Lipinski definition) is 0. The SMILES string of the molecule is [B]C1(CC)N(C)C1(CC)C1CCCCCCC(C)C1. The molecule has 0 aromatic heterocycles. The molecule has 2 heteroatoms. The molecule has 5 unspecified atom stereocenters. The summed E-state index contributed by atoms with van der Waals surface area (Å²) < 4.78 is 0. The third-order valence-electron chi connectivity index (χ3n) is 6.34. The van der Waals surface area contributed by atoms with Gasteiger partial charge in [0, 0.05) is 11.0 Å². The van der Waals surface area contributed by atoms with Crippen LogP contribution < -0.4 is 0 Å². The molecule has 2 fully saturated rings. The van der Waals surface area contributed by atoms with Crippen molar-refractivity contribution >= 4 is 7.85 Å². The standard InChI is InChI=1S/C17H32BN/c1-5-16(17(18,6-2)19(16)4)15-12-10-8-7-9-11-14(3)13-15/h14-15H,5-13H2,1-4H3. The Morgan fingerprint density at radius 3 is 2.21 bits per heavy atom. The molecule has 1 aliphatic heterocycles. The molecule has 2 rings (SSSR count). The largest absolute Gasteiger partial charge is 0.300 e. The lowest BCUT2D eigenvalue weighted by molar-refractivity contribution is 0.237. The van der Waals surface area contributed by atoms with Gasteiger partial charge in [0.15, 0.2) is 0 Å². The summed E-state index contributed by atoms with van der Waals surface area (Å²) in [4.78, 5) is 2.50. The summed E-state index contributed by atoms with van der Waals surface area (Å²) in [6.07, 6.45) is 12.2. The Kier molecular flexibility index (Phi) is 4.70. The molecule has 1 saturated heterocycles. The van der Waals surface area contributed by atoms with Gasteiger partial charge in [-0.1, -0.05) is 52.9 Å². The first kappa shape index (κ1) is 15.4. The summed E-state index contributed by atoms with van der Waals surface area (Å²) in [5, 5.41) is 0. The van der Waals surface area contributed by atoms with Crippen molar-refractivity contribution in [1.29, 1.82) is 0 Å². The van der Waals surface area contributed by atoms with Crippen molar-refractivity contribution in [3.05, 3.63) is 0 Å². The molecule has 1 aliphatic carbocycles. The summed E-state index contributed by atoms with van der Waals surface area (Å²) in [5.74, 6) is 1.68. The third kappa shape index (κ3) is 2.39. The van der Waals surface area contributed by atoms with Gasteiger partial charge in [0.05, 0.1) is 7.85 Å². The van der Waals surface area contributed by atoms with Gasteiger partial charge in [-0.2, -0.15) is 0 Å². The van der Waals surface area contributed by atoms with Gasteiger partial charge >= 0.3 is 0 Å². The first-order valence-electron chi connectivity index (χ1n) is 8.55. The van der Waals surface area contributed by atoms with Crippen molar-refractivity contribution in [2.24, 2.45) is 11.8 Å². The van der Waals surface area contributed by atoms with Crippen molar-refractivity contribution in [3.63, 3.8) is 0 Å². The van der Waals surface area contributed by atoms with Crippen LogP contribution in [-0.4, -0.2) is 30.8 Å². The molecule has 0 aromatic carbocycles. The van der Waals surface area contributed by atoms with Crippen LogP contribution in [0.2, 0.25) is 0 Å². The van der Waals surface area contributed by atoms with Gasteiger partial charge < -0.3 is 4.90 Å². The quantitative estimate of drug-likeness (QED) is 0.539. The van der Waals surface area contributed by atoms with Crippen molar-refractivity contribution in [2.75, 3.05) is 7.05 Å². The van der Waals surface area contributed by atoms with E-state index < -0.39 is 0 Å². The van der Waals surface area contributed by atoms with E-state index in [0.29, 0.717) is 5.54 Å². The van der Waals surface area contributed by atoms with Crippen molar-refractivity contribution in [3.8, 4) is 0 Å². The van der Waals surface area contributed by atoms with Crippen LogP contribution in [-0.2, 0) is 0 Å². The van der Waals surface area contributed by atoms with Gasteiger partial charge in [0.1, 0.15) is 0 Å². The van der Waals surface area contributed by atoms with Crippen LogP contribution in [0.1, 0.15) is 78.6 Å². The number of hydrogen-bond acceptors (Lipinski definition) is 1. The van der Waals surface area contributed by atoms with Crippen molar-refractivity contribution in [2.45, 2.75) is 89.5 Å². The average molecular weight is 261 g/mol. The zero-order chi connectivity index (χ0) is 14.1. The maximum Gasteiger partial charge on any atom is 0.0983 e. The van der Waals surface area contributed by atoms with Crippen LogP contribution in [0.25, 0.3) is 0 Å². The first-order valence-corrected chi connectivity index (χ1v) is 8.55. The molecular weight excluding hydrogens is 229 g/mol. The lowest BCUT2D eigenvalue weighted by Crippen LogP contribution is -2.35. The highest BCUT2D eigenvalue weighted by molar-refractivity contribution is 6.19. The van der Waals surface area contributed by atoms with Gasteiger partial charge in [-0.25, -0.2) is 0 Å². The maximum absolute atomic E-state index is 6.71. The Morgan fingerprint density at radius 1 is 1.05 bits per heavy atom. The van der Waals surface area contributed by atoms with Crippen LogP contribution in [0, 0.1) is 11.8 Å². The molecule has 0 bridgehead atoms. The smallest absolute Gasteiger partial charge is 0.0983 e. The summed E-state index contributed by atoms with van der Waals surface area (Å²) in [7, 11) is 8.96.